The second-order valence-electron chi connectivity index (χ2n) is 5.69. The van der Waals surface area contributed by atoms with E-state index in [4.69, 9.17) is 16.3 Å². The summed E-state index contributed by atoms with van der Waals surface area (Å²) in [6.45, 7) is 0.822. The van der Waals surface area contributed by atoms with Crippen LogP contribution in [0.4, 0.5) is 0 Å². The SMILES string of the molecule is Clc1cc2c(s1)CCC2NCc1ccc(Oc2cnccn2)cc1. The van der Waals surface area contributed by atoms with Gasteiger partial charge in [-0.3, -0.25) is 4.98 Å². The van der Waals surface area contributed by atoms with Crippen molar-refractivity contribution in [3.63, 3.8) is 0 Å². The summed E-state index contributed by atoms with van der Waals surface area (Å²) in [5.74, 6) is 1.25. The van der Waals surface area contributed by atoms with Crippen molar-refractivity contribution in [1.29, 1.82) is 0 Å². The molecule has 1 atom stereocenters. The van der Waals surface area contributed by atoms with Gasteiger partial charge in [0.2, 0.25) is 5.88 Å². The summed E-state index contributed by atoms with van der Waals surface area (Å²) in [4.78, 5) is 9.51. The highest BCUT2D eigenvalue weighted by molar-refractivity contribution is 7.16. The molecule has 24 heavy (non-hydrogen) atoms. The standard InChI is InChI=1S/C18H16ClN3OS/c19-17-9-14-15(5-6-16(14)24-17)22-10-12-1-3-13(4-2-12)23-18-11-20-7-8-21-18/h1-4,7-9,11,15,22H,5-6,10H2. The van der Waals surface area contributed by atoms with Crippen LogP contribution in [0, 0.1) is 0 Å². The molecule has 1 N–H and O–H groups in total. The van der Waals surface area contributed by atoms with Crippen LogP contribution in [0.5, 0.6) is 11.6 Å². The summed E-state index contributed by atoms with van der Waals surface area (Å²) >= 11 is 7.82. The minimum absolute atomic E-state index is 0.402. The number of nitrogens with one attached hydrogen (secondary N) is 1. The Kier molecular flexibility index (Phi) is 4.47. The molecule has 122 valence electrons. The van der Waals surface area contributed by atoms with Crippen LogP contribution in [0.25, 0.3) is 0 Å². The van der Waals surface area contributed by atoms with Gasteiger partial charge >= 0.3 is 0 Å². The summed E-state index contributed by atoms with van der Waals surface area (Å²) in [5.41, 5.74) is 2.59. The molecule has 2 aromatic heterocycles. The van der Waals surface area contributed by atoms with Crippen LogP contribution >= 0.6 is 22.9 Å². The first-order valence-corrected chi connectivity index (χ1v) is 9.02. The van der Waals surface area contributed by atoms with Gasteiger partial charge in [-0.1, -0.05) is 23.7 Å². The monoisotopic (exact) mass is 357 g/mol. The predicted octanol–water partition coefficient (Wildman–Crippen LogP) is 4.76. The van der Waals surface area contributed by atoms with E-state index in [9.17, 15) is 0 Å². The van der Waals surface area contributed by atoms with E-state index in [1.165, 1.54) is 16.0 Å². The lowest BCUT2D eigenvalue weighted by Crippen LogP contribution is -2.18. The van der Waals surface area contributed by atoms with Gasteiger partial charge in [0, 0.05) is 29.9 Å². The van der Waals surface area contributed by atoms with Crippen LogP contribution in [0.1, 0.15) is 28.5 Å². The van der Waals surface area contributed by atoms with Gasteiger partial charge in [-0.15, -0.1) is 11.3 Å². The highest BCUT2D eigenvalue weighted by Gasteiger charge is 2.24. The van der Waals surface area contributed by atoms with E-state index in [0.717, 1.165) is 29.5 Å². The number of nitrogens with zero attached hydrogens (tertiary/aromatic N) is 2. The van der Waals surface area contributed by atoms with E-state index in [2.05, 4.69) is 33.5 Å². The van der Waals surface area contributed by atoms with E-state index in [1.54, 1.807) is 29.9 Å². The van der Waals surface area contributed by atoms with Gasteiger partial charge in [0.25, 0.3) is 0 Å². The lowest BCUT2D eigenvalue weighted by molar-refractivity contribution is 0.459. The van der Waals surface area contributed by atoms with Crippen molar-refractivity contribution in [3.8, 4) is 11.6 Å². The van der Waals surface area contributed by atoms with Crippen LogP contribution < -0.4 is 10.1 Å². The van der Waals surface area contributed by atoms with Gasteiger partial charge in [-0.2, -0.15) is 0 Å². The molecule has 0 radical (unpaired) electrons. The number of rotatable bonds is 5. The van der Waals surface area contributed by atoms with Crippen molar-refractivity contribution in [3.05, 3.63) is 69.3 Å². The van der Waals surface area contributed by atoms with Crippen molar-refractivity contribution in [2.75, 3.05) is 0 Å². The highest BCUT2D eigenvalue weighted by atomic mass is 35.5. The fourth-order valence-electron chi connectivity index (χ4n) is 2.92. The molecule has 6 heteroatoms. The molecule has 2 heterocycles. The molecule has 0 saturated heterocycles. The second kappa shape index (κ2) is 6.89. The number of hydrogen-bond acceptors (Lipinski definition) is 5. The molecule has 0 saturated carbocycles. The van der Waals surface area contributed by atoms with Gasteiger partial charge < -0.3 is 10.1 Å². The van der Waals surface area contributed by atoms with E-state index < -0.39 is 0 Å². The predicted molar refractivity (Wildman–Crippen MR) is 95.8 cm³/mol. The Morgan fingerprint density at radius 3 is 2.92 bits per heavy atom. The molecule has 0 aliphatic heterocycles. The quantitative estimate of drug-likeness (QED) is 0.715. The number of hydrogen-bond donors (Lipinski definition) is 1. The third-order valence-electron chi connectivity index (χ3n) is 4.08. The fraction of sp³-hybridized carbons (Fsp3) is 0.222. The largest absolute Gasteiger partial charge is 0.438 e. The molecule has 0 amide bonds. The number of aromatic nitrogens is 2. The van der Waals surface area contributed by atoms with Crippen molar-refractivity contribution in [2.45, 2.75) is 25.4 Å². The van der Waals surface area contributed by atoms with Crippen molar-refractivity contribution in [1.82, 2.24) is 15.3 Å². The van der Waals surface area contributed by atoms with E-state index in [-0.39, 0.29) is 0 Å². The molecular weight excluding hydrogens is 342 g/mol. The number of halogens is 1. The van der Waals surface area contributed by atoms with Crippen LogP contribution in [0.15, 0.2) is 48.9 Å². The van der Waals surface area contributed by atoms with Crippen molar-refractivity contribution < 1.29 is 4.74 Å². The van der Waals surface area contributed by atoms with Crippen LogP contribution in [0.2, 0.25) is 4.34 Å². The zero-order valence-electron chi connectivity index (χ0n) is 12.9. The first-order chi connectivity index (χ1) is 11.8. The minimum atomic E-state index is 0.402. The molecule has 0 spiro atoms. The van der Waals surface area contributed by atoms with Gasteiger partial charge in [0.05, 0.1) is 10.5 Å². The maximum absolute atomic E-state index is 6.11. The Morgan fingerprint density at radius 1 is 1.25 bits per heavy atom. The Morgan fingerprint density at radius 2 is 2.12 bits per heavy atom. The lowest BCUT2D eigenvalue weighted by atomic mass is 10.1. The average molecular weight is 358 g/mol. The average Bonchev–Trinajstić information content (AvgIpc) is 3.14. The van der Waals surface area contributed by atoms with Crippen LogP contribution in [-0.4, -0.2) is 9.97 Å². The first-order valence-electron chi connectivity index (χ1n) is 7.82. The van der Waals surface area contributed by atoms with Gasteiger partial charge in [-0.05, 0) is 42.2 Å². The number of fused-ring (bicyclic) bond motifs is 1. The maximum Gasteiger partial charge on any atom is 0.237 e. The van der Waals surface area contributed by atoms with Gasteiger partial charge in [0.15, 0.2) is 0 Å². The summed E-state index contributed by atoms with van der Waals surface area (Å²) in [5, 5.41) is 3.62. The smallest absolute Gasteiger partial charge is 0.237 e. The zero-order valence-corrected chi connectivity index (χ0v) is 14.5. The number of thiophene rings is 1. The molecule has 0 fully saturated rings. The normalized spacial score (nSPS) is 16.1. The van der Waals surface area contributed by atoms with E-state index >= 15 is 0 Å². The van der Waals surface area contributed by atoms with E-state index in [0.29, 0.717) is 11.9 Å². The third-order valence-corrected chi connectivity index (χ3v) is 5.42. The Balaban J connectivity index is 1.36. The molecule has 0 bridgehead atoms. The molecule has 3 aromatic rings. The van der Waals surface area contributed by atoms with Gasteiger partial charge in [0.1, 0.15) is 5.75 Å². The summed E-state index contributed by atoms with van der Waals surface area (Å²) in [6.07, 6.45) is 7.09. The molecule has 1 unspecified atom stereocenters. The summed E-state index contributed by atoms with van der Waals surface area (Å²) < 4.78 is 6.54. The molecule has 1 aromatic carbocycles. The fourth-order valence-corrected chi connectivity index (χ4v) is 4.27. The van der Waals surface area contributed by atoms with Gasteiger partial charge in [-0.25, -0.2) is 4.98 Å². The molecule has 4 nitrogen and oxygen atoms in total. The van der Waals surface area contributed by atoms with Crippen molar-refractivity contribution in [2.24, 2.45) is 0 Å². The molecule has 4 rings (SSSR count). The Bertz CT molecular complexity index is 820. The number of benzene rings is 1. The van der Waals surface area contributed by atoms with Crippen LogP contribution in [-0.2, 0) is 13.0 Å². The lowest BCUT2D eigenvalue weighted by Gasteiger charge is -2.13. The Hall–Kier alpha value is -1.95. The first kappa shape index (κ1) is 15.6. The summed E-state index contributed by atoms with van der Waals surface area (Å²) in [6, 6.07) is 10.5. The second-order valence-corrected chi connectivity index (χ2v) is 7.46. The zero-order chi connectivity index (χ0) is 16.4. The highest BCUT2D eigenvalue weighted by Crippen LogP contribution is 2.39. The molecule has 1 aliphatic carbocycles. The maximum atomic E-state index is 6.11. The van der Waals surface area contributed by atoms with Crippen LogP contribution in [0.3, 0.4) is 0 Å². The topological polar surface area (TPSA) is 47.0 Å². The third kappa shape index (κ3) is 3.43. The number of aryl methyl sites for hydroxylation is 1. The van der Waals surface area contributed by atoms with E-state index in [1.807, 2.05) is 12.1 Å². The Labute approximate surface area is 149 Å². The molecule has 1 aliphatic rings. The number of ether oxygens (including phenoxy) is 1. The summed E-state index contributed by atoms with van der Waals surface area (Å²) in [7, 11) is 0. The van der Waals surface area contributed by atoms with Crippen molar-refractivity contribution >= 4 is 22.9 Å². The minimum Gasteiger partial charge on any atom is -0.438 e. The molecular formula is C18H16ClN3OS.